The summed E-state index contributed by atoms with van der Waals surface area (Å²) >= 11 is 1.62. The highest BCUT2D eigenvalue weighted by Gasteiger charge is 2.76. The molecule has 6 atom stereocenters. The minimum atomic E-state index is -0.747. The molecule has 3 aliphatic heterocycles. The van der Waals surface area contributed by atoms with Crippen molar-refractivity contribution in [2.45, 2.75) is 49.7 Å². The number of fused-ring (bicyclic) bond motifs is 1. The van der Waals surface area contributed by atoms with Crippen molar-refractivity contribution in [1.82, 2.24) is 4.90 Å². The molecule has 0 radical (unpaired) electrons. The average molecular weight is 513 g/mol. The predicted molar refractivity (Wildman–Crippen MR) is 142 cm³/mol. The van der Waals surface area contributed by atoms with Gasteiger partial charge in [0.1, 0.15) is 12.6 Å². The summed E-state index contributed by atoms with van der Waals surface area (Å²) in [5.74, 6) is -1.93. The number of carbonyl (C=O) groups excluding carboxylic acids is 3. The summed E-state index contributed by atoms with van der Waals surface area (Å²) in [5, 5.41) is 9.49. The van der Waals surface area contributed by atoms with Gasteiger partial charge in [0.2, 0.25) is 5.91 Å². The summed E-state index contributed by atoms with van der Waals surface area (Å²) in [6, 6.07) is 5.23. The van der Waals surface area contributed by atoms with Gasteiger partial charge in [-0.1, -0.05) is 37.8 Å². The van der Waals surface area contributed by atoms with Gasteiger partial charge in [-0.05, 0) is 49.8 Å². The number of aliphatic hydroxyl groups is 1. The van der Waals surface area contributed by atoms with Crippen LogP contribution in [0.15, 0.2) is 43.5 Å². The maximum absolute atomic E-state index is 14.5. The Morgan fingerprint density at radius 1 is 1.31 bits per heavy atom. The van der Waals surface area contributed by atoms with Crippen LogP contribution >= 0.6 is 11.8 Å². The number of ether oxygens (including phenoxy) is 1. The third kappa shape index (κ3) is 4.08. The number of benzene rings is 1. The van der Waals surface area contributed by atoms with Crippen LogP contribution in [0.3, 0.4) is 0 Å². The summed E-state index contributed by atoms with van der Waals surface area (Å²) in [6.07, 6.45) is 4.31. The molecule has 2 amide bonds. The molecule has 1 aromatic rings. The van der Waals surface area contributed by atoms with Crippen molar-refractivity contribution in [3.63, 3.8) is 0 Å². The van der Waals surface area contributed by atoms with E-state index in [4.69, 9.17) is 4.74 Å². The summed E-state index contributed by atoms with van der Waals surface area (Å²) in [4.78, 5) is 45.0. The van der Waals surface area contributed by atoms with E-state index in [9.17, 15) is 19.5 Å². The molecule has 3 heterocycles. The zero-order valence-corrected chi connectivity index (χ0v) is 22.1. The number of aliphatic hydroxyl groups excluding tert-OH is 1. The van der Waals surface area contributed by atoms with E-state index in [0.29, 0.717) is 13.0 Å². The van der Waals surface area contributed by atoms with Crippen LogP contribution in [0.1, 0.15) is 30.9 Å². The first-order valence-corrected chi connectivity index (χ1v) is 13.5. The van der Waals surface area contributed by atoms with Crippen LogP contribution in [-0.4, -0.2) is 70.1 Å². The average Bonchev–Trinajstić information content (AvgIpc) is 3.44. The van der Waals surface area contributed by atoms with E-state index in [1.54, 1.807) is 27.6 Å². The molecular weight excluding hydrogens is 476 g/mol. The van der Waals surface area contributed by atoms with Crippen LogP contribution in [-0.2, 0) is 19.1 Å². The van der Waals surface area contributed by atoms with Gasteiger partial charge in [-0.2, -0.15) is 0 Å². The number of thioether (sulfide) groups is 1. The molecule has 1 aromatic carbocycles. The number of nitrogens with zero attached hydrogens (tertiary/aromatic N) is 2. The Balaban J connectivity index is 1.81. The number of aryl methyl sites for hydroxylation is 2. The Bertz CT molecular complexity index is 1070. The number of hydrogen-bond donors (Lipinski definition) is 1. The molecule has 4 rings (SSSR count). The first kappa shape index (κ1) is 26.5. The van der Waals surface area contributed by atoms with E-state index in [-0.39, 0.29) is 42.7 Å². The standard InChI is InChI=1S/C28H36N2O5S/c1-6-11-29(20-15-17(3)9-10-18(20)4)26(33)24-28-19(5)16-21(36-28)22(27(34)35-14-7-2)23(28)25(32)30(24)12-8-13-31/h6-7,9-10,15,19,21-24,31H,1-2,8,11-14,16H2,3-5H3/t19?,21-,22+,23+,24?,28?/m1/s1. The molecule has 1 N–H and O–H groups in total. The summed E-state index contributed by atoms with van der Waals surface area (Å²) in [5.41, 5.74) is 2.78. The Morgan fingerprint density at radius 2 is 2.06 bits per heavy atom. The maximum Gasteiger partial charge on any atom is 0.311 e. The number of anilines is 1. The molecule has 8 heteroatoms. The molecule has 3 fully saturated rings. The maximum atomic E-state index is 14.5. The molecule has 0 saturated carbocycles. The van der Waals surface area contributed by atoms with Crippen molar-refractivity contribution < 1.29 is 24.2 Å². The third-order valence-corrected chi connectivity index (χ3v) is 9.96. The van der Waals surface area contributed by atoms with E-state index in [1.807, 2.05) is 32.0 Å². The lowest BCUT2D eigenvalue weighted by molar-refractivity contribution is -0.153. The zero-order valence-electron chi connectivity index (χ0n) is 21.3. The van der Waals surface area contributed by atoms with Crippen LogP contribution in [0.5, 0.6) is 0 Å². The monoisotopic (exact) mass is 512 g/mol. The molecule has 0 aliphatic carbocycles. The number of esters is 1. The molecule has 7 nitrogen and oxygen atoms in total. The zero-order chi connectivity index (χ0) is 26.2. The number of likely N-dealkylation sites (tertiary alicyclic amines) is 1. The summed E-state index contributed by atoms with van der Waals surface area (Å²) < 4.78 is 4.69. The van der Waals surface area contributed by atoms with Crippen molar-refractivity contribution in [2.75, 3.05) is 31.2 Å². The van der Waals surface area contributed by atoms with Gasteiger partial charge in [-0.15, -0.1) is 18.3 Å². The molecule has 36 heavy (non-hydrogen) atoms. The highest BCUT2D eigenvalue weighted by Crippen LogP contribution is 2.68. The first-order chi connectivity index (χ1) is 17.2. The van der Waals surface area contributed by atoms with Crippen LogP contribution < -0.4 is 4.90 Å². The summed E-state index contributed by atoms with van der Waals surface area (Å²) in [7, 11) is 0. The molecule has 1 spiro atoms. The molecule has 194 valence electrons. The smallest absolute Gasteiger partial charge is 0.311 e. The number of carbonyl (C=O) groups is 3. The number of hydrogen-bond acceptors (Lipinski definition) is 6. The van der Waals surface area contributed by atoms with Crippen molar-refractivity contribution >= 4 is 35.2 Å². The second-order valence-electron chi connectivity index (χ2n) is 10.1. The fourth-order valence-corrected chi connectivity index (χ4v) is 8.78. The van der Waals surface area contributed by atoms with Crippen LogP contribution in [0.25, 0.3) is 0 Å². The molecule has 0 aromatic heterocycles. The highest BCUT2D eigenvalue weighted by molar-refractivity contribution is 8.02. The Hall–Kier alpha value is -2.58. The van der Waals surface area contributed by atoms with Gasteiger partial charge in [0.15, 0.2) is 0 Å². The lowest BCUT2D eigenvalue weighted by Gasteiger charge is -2.40. The fraction of sp³-hybridized carbons (Fsp3) is 0.536. The van der Waals surface area contributed by atoms with E-state index in [2.05, 4.69) is 20.1 Å². The molecule has 3 saturated heterocycles. The second kappa shape index (κ2) is 10.4. The minimum absolute atomic E-state index is 0.0576. The van der Waals surface area contributed by atoms with Crippen molar-refractivity contribution in [1.29, 1.82) is 0 Å². The quantitative estimate of drug-likeness (QED) is 0.383. The van der Waals surface area contributed by atoms with Gasteiger partial charge >= 0.3 is 5.97 Å². The number of rotatable bonds is 10. The molecule has 3 aliphatic rings. The van der Waals surface area contributed by atoms with Crippen molar-refractivity contribution in [3.8, 4) is 0 Å². The normalized spacial score (nSPS) is 30.3. The van der Waals surface area contributed by atoms with Gasteiger partial charge in [0.05, 0.1) is 16.6 Å². The molecular formula is C28H36N2O5S. The van der Waals surface area contributed by atoms with Gasteiger partial charge < -0.3 is 19.6 Å². The number of amides is 2. The van der Waals surface area contributed by atoms with Crippen molar-refractivity contribution in [3.05, 3.63) is 54.6 Å². The second-order valence-corrected chi connectivity index (χ2v) is 11.7. The van der Waals surface area contributed by atoms with Crippen molar-refractivity contribution in [2.24, 2.45) is 17.8 Å². The van der Waals surface area contributed by atoms with E-state index in [1.165, 1.54) is 6.08 Å². The molecule has 2 bridgehead atoms. The van der Waals surface area contributed by atoms with E-state index >= 15 is 0 Å². The molecule has 3 unspecified atom stereocenters. The Morgan fingerprint density at radius 3 is 2.72 bits per heavy atom. The SMILES string of the molecule is C=CCOC(=O)[C@@H]1[C@H]2C(=O)N(CCCO)C(C(=O)N(CC=C)c3cc(C)ccc3C)C23S[C@@H]1CC3C. The lowest BCUT2D eigenvalue weighted by Crippen LogP contribution is -2.57. The first-order valence-electron chi connectivity index (χ1n) is 12.6. The van der Waals surface area contributed by atoms with Crippen LogP contribution in [0.2, 0.25) is 0 Å². The van der Waals surface area contributed by atoms with Gasteiger partial charge in [0.25, 0.3) is 5.91 Å². The van der Waals surface area contributed by atoms with Gasteiger partial charge in [0, 0.05) is 30.6 Å². The van der Waals surface area contributed by atoms with Gasteiger partial charge in [-0.25, -0.2) is 0 Å². The van der Waals surface area contributed by atoms with Crippen LogP contribution in [0, 0.1) is 31.6 Å². The largest absolute Gasteiger partial charge is 0.461 e. The Kier molecular flexibility index (Phi) is 7.67. The minimum Gasteiger partial charge on any atom is -0.461 e. The van der Waals surface area contributed by atoms with E-state index in [0.717, 1.165) is 23.2 Å². The summed E-state index contributed by atoms with van der Waals surface area (Å²) in [6.45, 7) is 14.1. The fourth-order valence-electron chi connectivity index (χ4n) is 6.38. The third-order valence-electron chi connectivity index (χ3n) is 7.89. The Labute approximate surface area is 217 Å². The topological polar surface area (TPSA) is 87.1 Å². The lowest BCUT2D eigenvalue weighted by atomic mass is 9.66. The predicted octanol–water partition coefficient (Wildman–Crippen LogP) is 3.27. The van der Waals surface area contributed by atoms with E-state index < -0.39 is 28.6 Å². The van der Waals surface area contributed by atoms with Crippen LogP contribution in [0.4, 0.5) is 5.69 Å². The highest BCUT2D eigenvalue weighted by atomic mass is 32.2. The van der Waals surface area contributed by atoms with Gasteiger partial charge in [-0.3, -0.25) is 14.4 Å².